The Labute approximate surface area is 201 Å². The fourth-order valence-electron chi connectivity index (χ4n) is 4.03. The molecule has 1 atom stereocenters. The van der Waals surface area contributed by atoms with Gasteiger partial charge in [-0.3, -0.25) is 19.7 Å². The average Bonchev–Trinajstić information content (AvgIpc) is 3.13. The molecular formula is C27H34N2O3S. The number of imide groups is 1. The lowest BCUT2D eigenvalue weighted by atomic mass is 10.00. The predicted octanol–water partition coefficient (Wildman–Crippen LogP) is 5.96. The zero-order chi connectivity index (χ0) is 23.6. The number of hydrogen-bond donors (Lipinski definition) is 1. The first-order chi connectivity index (χ1) is 16.0. The first-order valence-corrected chi connectivity index (χ1v) is 12.8. The van der Waals surface area contributed by atoms with Crippen LogP contribution in [0.25, 0.3) is 11.1 Å². The van der Waals surface area contributed by atoms with E-state index in [1.54, 1.807) is 0 Å². The molecule has 3 amide bonds. The average molecular weight is 467 g/mol. The van der Waals surface area contributed by atoms with Gasteiger partial charge in [0.05, 0.1) is 5.25 Å². The van der Waals surface area contributed by atoms with E-state index in [1.807, 2.05) is 42.3 Å². The lowest BCUT2D eigenvalue weighted by Crippen LogP contribution is -2.25. The van der Waals surface area contributed by atoms with Gasteiger partial charge in [-0.25, -0.2) is 0 Å². The van der Waals surface area contributed by atoms with E-state index >= 15 is 0 Å². The number of nitrogens with zero attached hydrogens (tertiary/aromatic N) is 1. The zero-order valence-corrected chi connectivity index (χ0v) is 20.5. The number of rotatable bonds is 12. The van der Waals surface area contributed by atoms with E-state index in [-0.39, 0.29) is 22.3 Å². The first-order valence-electron chi connectivity index (χ1n) is 11.9. The second kappa shape index (κ2) is 12.6. The van der Waals surface area contributed by atoms with Gasteiger partial charge in [-0.2, -0.15) is 0 Å². The van der Waals surface area contributed by atoms with Crippen molar-refractivity contribution in [3.05, 3.63) is 59.7 Å². The SMILES string of the molecule is CCCCCCCCC(=O)N(C)Cc1cccc(-c2ccc(CC3SC(=O)NC3=O)cc2)c1. The van der Waals surface area contributed by atoms with Crippen LogP contribution in [0.15, 0.2) is 48.5 Å². The molecule has 0 spiro atoms. The smallest absolute Gasteiger partial charge is 0.286 e. The Balaban J connectivity index is 1.52. The molecular weight excluding hydrogens is 432 g/mol. The van der Waals surface area contributed by atoms with Crippen molar-refractivity contribution in [2.75, 3.05) is 7.05 Å². The maximum absolute atomic E-state index is 12.5. The molecule has 33 heavy (non-hydrogen) atoms. The van der Waals surface area contributed by atoms with Crippen LogP contribution >= 0.6 is 11.8 Å². The van der Waals surface area contributed by atoms with Crippen molar-refractivity contribution in [3.8, 4) is 11.1 Å². The van der Waals surface area contributed by atoms with Gasteiger partial charge in [-0.1, -0.05) is 93.3 Å². The van der Waals surface area contributed by atoms with E-state index in [0.717, 1.165) is 46.9 Å². The topological polar surface area (TPSA) is 66.5 Å². The van der Waals surface area contributed by atoms with Crippen molar-refractivity contribution >= 4 is 28.8 Å². The molecule has 1 heterocycles. The number of thioether (sulfide) groups is 1. The fraction of sp³-hybridized carbons (Fsp3) is 0.444. The normalized spacial score (nSPS) is 15.5. The maximum Gasteiger partial charge on any atom is 0.286 e. The van der Waals surface area contributed by atoms with Crippen molar-refractivity contribution in [2.45, 2.75) is 70.1 Å². The lowest BCUT2D eigenvalue weighted by molar-refractivity contribution is -0.130. The number of carbonyl (C=O) groups is 3. The van der Waals surface area contributed by atoms with E-state index in [2.05, 4.69) is 30.4 Å². The highest BCUT2D eigenvalue weighted by Gasteiger charge is 2.31. The molecule has 0 radical (unpaired) electrons. The molecule has 1 fully saturated rings. The molecule has 1 N–H and O–H groups in total. The van der Waals surface area contributed by atoms with E-state index in [9.17, 15) is 14.4 Å². The minimum Gasteiger partial charge on any atom is -0.341 e. The molecule has 1 unspecified atom stereocenters. The van der Waals surface area contributed by atoms with E-state index in [1.165, 1.54) is 25.7 Å². The Hall–Kier alpha value is -2.60. The van der Waals surface area contributed by atoms with Crippen molar-refractivity contribution < 1.29 is 14.4 Å². The summed E-state index contributed by atoms with van der Waals surface area (Å²) in [6.07, 6.45) is 8.26. The summed E-state index contributed by atoms with van der Waals surface area (Å²) in [5.41, 5.74) is 4.31. The van der Waals surface area contributed by atoms with Crippen molar-refractivity contribution in [1.29, 1.82) is 0 Å². The molecule has 0 saturated carbocycles. The van der Waals surface area contributed by atoms with Gasteiger partial charge in [0, 0.05) is 20.0 Å². The van der Waals surface area contributed by atoms with Crippen LogP contribution in [-0.4, -0.2) is 34.3 Å². The molecule has 0 aromatic heterocycles. The largest absolute Gasteiger partial charge is 0.341 e. The van der Waals surface area contributed by atoms with Crippen molar-refractivity contribution in [3.63, 3.8) is 0 Å². The van der Waals surface area contributed by atoms with Crippen molar-refractivity contribution in [1.82, 2.24) is 10.2 Å². The Morgan fingerprint density at radius 1 is 0.939 bits per heavy atom. The monoisotopic (exact) mass is 466 g/mol. The van der Waals surface area contributed by atoms with Gasteiger partial charge in [0.1, 0.15) is 0 Å². The summed E-state index contributed by atoms with van der Waals surface area (Å²) < 4.78 is 0. The molecule has 2 aromatic rings. The molecule has 1 aliphatic rings. The molecule has 2 aromatic carbocycles. The third kappa shape index (κ3) is 7.74. The van der Waals surface area contributed by atoms with Crippen LogP contribution in [-0.2, 0) is 22.6 Å². The van der Waals surface area contributed by atoms with Crippen molar-refractivity contribution in [2.24, 2.45) is 0 Å². The summed E-state index contributed by atoms with van der Waals surface area (Å²) in [7, 11) is 1.88. The molecule has 1 saturated heterocycles. The fourth-order valence-corrected chi connectivity index (χ4v) is 4.89. The van der Waals surface area contributed by atoms with Gasteiger partial charge >= 0.3 is 0 Å². The molecule has 0 bridgehead atoms. The number of hydrogen-bond acceptors (Lipinski definition) is 4. The standard InChI is InChI=1S/C27H34N2O3S/c1-3-4-5-6-7-8-12-25(30)29(2)19-21-10-9-11-23(17-21)22-15-13-20(14-16-22)18-24-26(31)28-27(32)33-24/h9-11,13-17,24H,3-8,12,18-19H2,1-2H3,(H,28,31,32). The predicted molar refractivity (Wildman–Crippen MR) is 135 cm³/mol. The highest BCUT2D eigenvalue weighted by molar-refractivity contribution is 8.15. The van der Waals surface area contributed by atoms with E-state index in [4.69, 9.17) is 0 Å². The Bertz CT molecular complexity index is 958. The van der Waals surface area contributed by atoms with Gasteiger partial charge in [0.15, 0.2) is 0 Å². The Morgan fingerprint density at radius 3 is 2.36 bits per heavy atom. The minimum absolute atomic E-state index is 0.201. The molecule has 1 aliphatic heterocycles. The van der Waals surface area contributed by atoms with Crippen LogP contribution in [0.1, 0.15) is 63.0 Å². The molecule has 6 heteroatoms. The highest BCUT2D eigenvalue weighted by Crippen LogP contribution is 2.26. The number of nitrogens with one attached hydrogen (secondary N) is 1. The zero-order valence-electron chi connectivity index (χ0n) is 19.6. The van der Waals surface area contributed by atoms with Gasteiger partial charge < -0.3 is 4.90 Å². The van der Waals surface area contributed by atoms with Crippen LogP contribution in [0, 0.1) is 0 Å². The molecule has 5 nitrogen and oxygen atoms in total. The number of amides is 3. The minimum atomic E-state index is -0.351. The van der Waals surface area contributed by atoms with Crippen LogP contribution < -0.4 is 5.32 Å². The number of unbranched alkanes of at least 4 members (excludes halogenated alkanes) is 5. The maximum atomic E-state index is 12.5. The van der Waals surface area contributed by atoms with Crippen LogP contribution in [0.5, 0.6) is 0 Å². The van der Waals surface area contributed by atoms with Gasteiger partial charge in [0.2, 0.25) is 11.8 Å². The third-order valence-electron chi connectivity index (χ3n) is 5.99. The van der Waals surface area contributed by atoms with Crippen LogP contribution in [0.3, 0.4) is 0 Å². The first kappa shape index (κ1) is 25.0. The summed E-state index contributed by atoms with van der Waals surface area (Å²) in [6.45, 7) is 2.81. The molecule has 3 rings (SSSR count). The van der Waals surface area contributed by atoms with E-state index in [0.29, 0.717) is 19.4 Å². The second-order valence-electron chi connectivity index (χ2n) is 8.75. The third-order valence-corrected chi connectivity index (χ3v) is 6.97. The summed E-state index contributed by atoms with van der Waals surface area (Å²) >= 11 is 1.06. The summed E-state index contributed by atoms with van der Waals surface area (Å²) in [5, 5.41) is 1.71. The van der Waals surface area contributed by atoms with Gasteiger partial charge in [0.25, 0.3) is 5.24 Å². The lowest BCUT2D eigenvalue weighted by Gasteiger charge is -2.18. The van der Waals surface area contributed by atoms with Crippen LogP contribution in [0.2, 0.25) is 0 Å². The summed E-state index contributed by atoms with van der Waals surface area (Å²) in [6, 6.07) is 16.4. The Kier molecular flexibility index (Phi) is 9.55. The van der Waals surface area contributed by atoms with Gasteiger partial charge in [-0.15, -0.1) is 0 Å². The second-order valence-corrected chi connectivity index (χ2v) is 9.93. The number of carbonyl (C=O) groups excluding carboxylic acids is 3. The molecule has 0 aliphatic carbocycles. The molecule has 176 valence electrons. The van der Waals surface area contributed by atoms with Gasteiger partial charge in [-0.05, 0) is 41.2 Å². The quantitative estimate of drug-likeness (QED) is 0.392. The Morgan fingerprint density at radius 2 is 1.67 bits per heavy atom. The number of benzene rings is 2. The summed E-state index contributed by atoms with van der Waals surface area (Å²) in [4.78, 5) is 37.4. The highest BCUT2D eigenvalue weighted by atomic mass is 32.2. The summed E-state index contributed by atoms with van der Waals surface area (Å²) in [5.74, 6) is -0.00973. The van der Waals surface area contributed by atoms with Crippen LogP contribution in [0.4, 0.5) is 4.79 Å². The van der Waals surface area contributed by atoms with E-state index < -0.39 is 0 Å².